The van der Waals surface area contributed by atoms with E-state index in [-0.39, 0.29) is 18.7 Å². The number of ether oxygens (including phenoxy) is 2. The molecule has 1 rings (SSSR count). The smallest absolute Gasteiger partial charge is 0.336 e. The number of carbonyl (C=O) groups is 1. The van der Waals surface area contributed by atoms with Crippen molar-refractivity contribution in [2.45, 2.75) is 52.6 Å². The summed E-state index contributed by atoms with van der Waals surface area (Å²) in [5, 5.41) is 0. The molecule has 0 aliphatic heterocycles. The lowest BCUT2D eigenvalue weighted by molar-refractivity contribution is -0.139. The zero-order valence-corrected chi connectivity index (χ0v) is 14.0. The quantitative estimate of drug-likeness (QED) is 0.359. The maximum atomic E-state index is 12.2. The summed E-state index contributed by atoms with van der Waals surface area (Å²) in [5.41, 5.74) is 1.54. The molecule has 1 aromatic rings. The molecule has 0 aliphatic carbocycles. The van der Waals surface area contributed by atoms with E-state index in [1.807, 2.05) is 50.3 Å². The third-order valence-electron chi connectivity index (χ3n) is 3.21. The summed E-state index contributed by atoms with van der Waals surface area (Å²) in [6, 6.07) is 9.77. The maximum Gasteiger partial charge on any atom is 0.336 e. The number of benzene rings is 1. The summed E-state index contributed by atoms with van der Waals surface area (Å²) < 4.78 is 10.9. The second kappa shape index (κ2) is 11.0. The molecule has 0 amide bonds. The van der Waals surface area contributed by atoms with Gasteiger partial charge < -0.3 is 9.47 Å². The molecule has 0 unspecified atom stereocenters. The van der Waals surface area contributed by atoms with E-state index in [4.69, 9.17) is 9.47 Å². The Bertz CT molecular complexity index is 449. The highest BCUT2D eigenvalue weighted by Crippen LogP contribution is 2.10. The van der Waals surface area contributed by atoms with E-state index >= 15 is 0 Å². The van der Waals surface area contributed by atoms with Crippen molar-refractivity contribution in [2.75, 3.05) is 13.2 Å². The number of unbranched alkanes of at least 4 members (excludes halogenated alkanes) is 3. The van der Waals surface area contributed by atoms with Gasteiger partial charge in [0.05, 0.1) is 24.9 Å². The Labute approximate surface area is 134 Å². The molecule has 0 atom stereocenters. The van der Waals surface area contributed by atoms with Gasteiger partial charge in [0.15, 0.2) is 0 Å². The van der Waals surface area contributed by atoms with Crippen LogP contribution in [0, 0.1) is 0 Å². The Balaban J connectivity index is 2.60. The third-order valence-corrected chi connectivity index (χ3v) is 3.21. The molecule has 0 N–H and O–H groups in total. The summed E-state index contributed by atoms with van der Waals surface area (Å²) >= 11 is 0. The first kappa shape index (κ1) is 18.4. The van der Waals surface area contributed by atoms with Crippen LogP contribution in [0.4, 0.5) is 0 Å². The monoisotopic (exact) mass is 304 g/mol. The van der Waals surface area contributed by atoms with Crippen LogP contribution in [0.15, 0.2) is 35.9 Å². The number of esters is 1. The molecule has 22 heavy (non-hydrogen) atoms. The van der Waals surface area contributed by atoms with Gasteiger partial charge in [-0.1, -0.05) is 56.5 Å². The Morgan fingerprint density at radius 2 is 1.86 bits per heavy atom. The molecule has 0 saturated carbocycles. The van der Waals surface area contributed by atoms with E-state index in [0.29, 0.717) is 12.2 Å². The highest BCUT2D eigenvalue weighted by Gasteiger charge is 2.12. The minimum Gasteiger partial charge on any atom is -0.462 e. The Morgan fingerprint density at radius 3 is 2.50 bits per heavy atom. The molecular formula is C19H28O3. The standard InChI is InChI=1S/C19H28O3/c1-4-5-6-10-13-21-19(20)18(15-22-16(2)3)14-17-11-8-7-9-12-17/h7-9,11-12,14,16H,4-6,10,13,15H2,1-3H3. The minimum absolute atomic E-state index is 0.0801. The predicted octanol–water partition coefficient (Wildman–Crippen LogP) is 4.62. The van der Waals surface area contributed by atoms with Gasteiger partial charge in [0.2, 0.25) is 0 Å². The van der Waals surface area contributed by atoms with Crippen LogP contribution in [0.25, 0.3) is 6.08 Å². The number of carbonyl (C=O) groups excluding carboxylic acids is 1. The van der Waals surface area contributed by atoms with E-state index in [0.717, 1.165) is 18.4 Å². The summed E-state index contributed by atoms with van der Waals surface area (Å²) in [5.74, 6) is -0.277. The van der Waals surface area contributed by atoms with E-state index in [2.05, 4.69) is 6.92 Å². The second-order valence-corrected chi connectivity index (χ2v) is 5.64. The Morgan fingerprint density at radius 1 is 1.14 bits per heavy atom. The molecule has 0 heterocycles. The van der Waals surface area contributed by atoms with Crippen molar-refractivity contribution in [3.05, 3.63) is 41.5 Å². The van der Waals surface area contributed by atoms with Crippen LogP contribution in [-0.4, -0.2) is 25.3 Å². The van der Waals surface area contributed by atoms with Gasteiger partial charge in [-0.2, -0.15) is 0 Å². The zero-order chi connectivity index (χ0) is 16.2. The highest BCUT2D eigenvalue weighted by molar-refractivity contribution is 5.94. The SMILES string of the molecule is CCCCCCOC(=O)C(=Cc1ccccc1)COC(C)C. The summed E-state index contributed by atoms with van der Waals surface area (Å²) in [4.78, 5) is 12.2. The molecular weight excluding hydrogens is 276 g/mol. The van der Waals surface area contributed by atoms with Gasteiger partial charge >= 0.3 is 5.97 Å². The Kier molecular flexibility index (Phi) is 9.24. The second-order valence-electron chi connectivity index (χ2n) is 5.64. The van der Waals surface area contributed by atoms with Crippen LogP contribution in [0.1, 0.15) is 52.0 Å². The molecule has 0 fully saturated rings. The van der Waals surface area contributed by atoms with Gasteiger partial charge in [0.1, 0.15) is 0 Å². The van der Waals surface area contributed by atoms with Crippen molar-refractivity contribution in [1.29, 1.82) is 0 Å². The molecule has 122 valence electrons. The fraction of sp³-hybridized carbons (Fsp3) is 0.526. The first-order valence-electron chi connectivity index (χ1n) is 8.17. The lowest BCUT2D eigenvalue weighted by Gasteiger charge is -2.11. The average Bonchev–Trinajstić information content (AvgIpc) is 2.51. The largest absolute Gasteiger partial charge is 0.462 e. The zero-order valence-electron chi connectivity index (χ0n) is 14.0. The van der Waals surface area contributed by atoms with Crippen molar-refractivity contribution in [2.24, 2.45) is 0 Å². The summed E-state index contributed by atoms with van der Waals surface area (Å²) in [6.07, 6.45) is 6.30. The molecule has 0 aliphatic rings. The van der Waals surface area contributed by atoms with Crippen LogP contribution in [0.5, 0.6) is 0 Å². The highest BCUT2D eigenvalue weighted by atomic mass is 16.5. The molecule has 3 heteroatoms. The predicted molar refractivity (Wildman–Crippen MR) is 90.6 cm³/mol. The first-order chi connectivity index (χ1) is 10.6. The summed E-state index contributed by atoms with van der Waals surface area (Å²) in [7, 11) is 0. The van der Waals surface area contributed by atoms with E-state index in [1.54, 1.807) is 0 Å². The van der Waals surface area contributed by atoms with Crippen LogP contribution < -0.4 is 0 Å². The van der Waals surface area contributed by atoms with Crippen LogP contribution in [-0.2, 0) is 14.3 Å². The Hall–Kier alpha value is -1.61. The fourth-order valence-electron chi connectivity index (χ4n) is 1.95. The normalized spacial score (nSPS) is 11.7. The molecule has 1 aromatic carbocycles. The average molecular weight is 304 g/mol. The van der Waals surface area contributed by atoms with Crippen LogP contribution in [0.3, 0.4) is 0 Å². The van der Waals surface area contributed by atoms with E-state index in [9.17, 15) is 4.79 Å². The van der Waals surface area contributed by atoms with E-state index < -0.39 is 0 Å². The van der Waals surface area contributed by atoms with Gasteiger partial charge in [-0.3, -0.25) is 0 Å². The van der Waals surface area contributed by atoms with Crippen molar-refractivity contribution >= 4 is 12.0 Å². The van der Waals surface area contributed by atoms with Crippen molar-refractivity contribution in [1.82, 2.24) is 0 Å². The molecule has 0 bridgehead atoms. The van der Waals surface area contributed by atoms with Gasteiger partial charge in [-0.15, -0.1) is 0 Å². The minimum atomic E-state index is -0.277. The van der Waals surface area contributed by atoms with Gasteiger partial charge in [0, 0.05) is 0 Å². The van der Waals surface area contributed by atoms with Crippen molar-refractivity contribution in [3.8, 4) is 0 Å². The van der Waals surface area contributed by atoms with Gasteiger partial charge in [-0.25, -0.2) is 4.79 Å². The van der Waals surface area contributed by atoms with Crippen molar-refractivity contribution < 1.29 is 14.3 Å². The van der Waals surface area contributed by atoms with Crippen LogP contribution >= 0.6 is 0 Å². The van der Waals surface area contributed by atoms with Crippen molar-refractivity contribution in [3.63, 3.8) is 0 Å². The van der Waals surface area contributed by atoms with E-state index in [1.165, 1.54) is 12.8 Å². The maximum absolute atomic E-state index is 12.2. The lowest BCUT2D eigenvalue weighted by atomic mass is 10.1. The number of hydrogen-bond donors (Lipinski definition) is 0. The fourth-order valence-corrected chi connectivity index (χ4v) is 1.95. The van der Waals surface area contributed by atoms with Gasteiger partial charge in [0.25, 0.3) is 0 Å². The molecule has 0 saturated heterocycles. The van der Waals surface area contributed by atoms with Gasteiger partial charge in [-0.05, 0) is 31.9 Å². The van der Waals surface area contributed by atoms with Crippen LogP contribution in [0.2, 0.25) is 0 Å². The molecule has 0 aromatic heterocycles. The third kappa shape index (κ3) is 7.99. The number of hydrogen-bond acceptors (Lipinski definition) is 3. The molecule has 3 nitrogen and oxygen atoms in total. The molecule has 0 radical (unpaired) electrons. The first-order valence-corrected chi connectivity index (χ1v) is 8.17. The summed E-state index contributed by atoms with van der Waals surface area (Å²) in [6.45, 7) is 6.83. The molecule has 0 spiro atoms. The topological polar surface area (TPSA) is 35.5 Å². The lowest BCUT2D eigenvalue weighted by Crippen LogP contribution is -2.16. The number of rotatable bonds is 10.